The summed E-state index contributed by atoms with van der Waals surface area (Å²) in [6.45, 7) is 0. The van der Waals surface area contributed by atoms with E-state index in [0.29, 0.717) is 0 Å². The van der Waals surface area contributed by atoms with Gasteiger partial charge in [-0.1, -0.05) is 0 Å². The van der Waals surface area contributed by atoms with E-state index in [4.69, 9.17) is 16.7 Å². The van der Waals surface area contributed by atoms with Gasteiger partial charge in [-0.15, -0.1) is 11.6 Å². The number of carbonyl (C=O) groups is 1. The van der Waals surface area contributed by atoms with Crippen molar-refractivity contribution in [2.24, 2.45) is 10.9 Å². The Morgan fingerprint density at radius 1 is 1.64 bits per heavy atom. The number of fused-ring (bicyclic) bond motifs is 1. The molecule has 1 heterocycles. The minimum absolute atomic E-state index is 0.0832. The Kier molecular flexibility index (Phi) is 2.59. The van der Waals surface area contributed by atoms with Gasteiger partial charge in [-0.2, -0.15) is 0 Å². The number of rotatable bonds is 1. The number of halogens is 1. The summed E-state index contributed by atoms with van der Waals surface area (Å²) < 4.78 is 0. The Morgan fingerprint density at radius 2 is 2.43 bits per heavy atom. The van der Waals surface area contributed by atoms with Gasteiger partial charge in [0.05, 0.1) is 0 Å². The minimum Gasteiger partial charge on any atom is -0.477 e. The molecule has 1 fully saturated rings. The standard InChI is InChI=1S/C10H12ClNO2/c11-8-3-1-2-7-6(8)4-5-12-9(7)10(13)14/h5-6,8H,1-4H2,(H,13,14). The largest absolute Gasteiger partial charge is 0.477 e. The van der Waals surface area contributed by atoms with Crippen molar-refractivity contribution in [1.29, 1.82) is 0 Å². The summed E-state index contributed by atoms with van der Waals surface area (Å²) in [5.41, 5.74) is 1.18. The lowest BCUT2D eigenvalue weighted by Gasteiger charge is -2.31. The first-order valence-electron chi connectivity index (χ1n) is 4.83. The van der Waals surface area contributed by atoms with Gasteiger partial charge < -0.3 is 5.11 Å². The van der Waals surface area contributed by atoms with Gasteiger partial charge in [-0.25, -0.2) is 4.79 Å². The molecule has 0 aromatic carbocycles. The Labute approximate surface area is 87.5 Å². The molecule has 0 aromatic heterocycles. The number of alkyl halides is 1. The van der Waals surface area contributed by atoms with Gasteiger partial charge in [0.1, 0.15) is 5.70 Å². The number of aliphatic carboxylic acids is 1. The molecule has 2 rings (SSSR count). The summed E-state index contributed by atoms with van der Waals surface area (Å²) in [5.74, 6) is -0.722. The third-order valence-electron chi connectivity index (χ3n) is 2.90. The molecule has 2 atom stereocenters. The smallest absolute Gasteiger partial charge is 0.354 e. The maximum atomic E-state index is 10.9. The third-order valence-corrected chi connectivity index (χ3v) is 3.42. The second-order valence-corrected chi connectivity index (χ2v) is 4.30. The average molecular weight is 214 g/mol. The molecule has 0 amide bonds. The SMILES string of the molecule is O=C(O)C1=C2CCCC(Cl)C2CC=N1. The summed E-state index contributed by atoms with van der Waals surface area (Å²) in [5, 5.41) is 9.03. The van der Waals surface area contributed by atoms with Gasteiger partial charge >= 0.3 is 5.97 Å². The van der Waals surface area contributed by atoms with Crippen molar-refractivity contribution in [2.45, 2.75) is 31.1 Å². The van der Waals surface area contributed by atoms with Crippen LogP contribution in [0.1, 0.15) is 25.7 Å². The highest BCUT2D eigenvalue weighted by Crippen LogP contribution is 2.38. The first kappa shape index (κ1) is 9.71. The molecule has 1 aliphatic heterocycles. The average Bonchev–Trinajstić information content (AvgIpc) is 2.17. The number of aliphatic imine (C=N–C) groups is 1. The van der Waals surface area contributed by atoms with Gasteiger partial charge in [-0.3, -0.25) is 4.99 Å². The fourth-order valence-corrected chi connectivity index (χ4v) is 2.62. The molecular formula is C10H12ClNO2. The van der Waals surface area contributed by atoms with E-state index >= 15 is 0 Å². The van der Waals surface area contributed by atoms with Crippen LogP contribution in [0.5, 0.6) is 0 Å². The van der Waals surface area contributed by atoms with Crippen LogP contribution in [0.2, 0.25) is 0 Å². The van der Waals surface area contributed by atoms with Crippen molar-refractivity contribution in [1.82, 2.24) is 0 Å². The van der Waals surface area contributed by atoms with Crippen LogP contribution >= 0.6 is 11.6 Å². The van der Waals surface area contributed by atoms with Crippen molar-refractivity contribution >= 4 is 23.8 Å². The van der Waals surface area contributed by atoms with Crippen LogP contribution in [0.15, 0.2) is 16.3 Å². The maximum absolute atomic E-state index is 10.9. The highest BCUT2D eigenvalue weighted by Gasteiger charge is 2.32. The van der Waals surface area contributed by atoms with Gasteiger partial charge in [0.25, 0.3) is 0 Å². The number of nitrogens with zero attached hydrogens (tertiary/aromatic N) is 1. The van der Waals surface area contributed by atoms with E-state index < -0.39 is 5.97 Å². The number of carboxylic acid groups (broad SMARTS) is 1. The van der Waals surface area contributed by atoms with Gasteiger partial charge in [0, 0.05) is 17.5 Å². The second kappa shape index (κ2) is 3.73. The van der Waals surface area contributed by atoms with Crippen LogP contribution in [-0.4, -0.2) is 22.7 Å². The van der Waals surface area contributed by atoms with Crippen molar-refractivity contribution < 1.29 is 9.90 Å². The lowest BCUT2D eigenvalue weighted by atomic mass is 9.80. The Bertz CT molecular complexity index is 322. The minimum atomic E-state index is -0.924. The van der Waals surface area contributed by atoms with Gasteiger partial charge in [0.15, 0.2) is 0 Å². The molecular weight excluding hydrogens is 202 g/mol. The number of allylic oxidation sites excluding steroid dienone is 1. The van der Waals surface area contributed by atoms with Crippen molar-refractivity contribution in [2.75, 3.05) is 0 Å². The summed E-state index contributed by atoms with van der Waals surface area (Å²) in [7, 11) is 0. The van der Waals surface area contributed by atoms with Crippen LogP contribution in [-0.2, 0) is 4.79 Å². The fraction of sp³-hybridized carbons (Fsp3) is 0.600. The first-order chi connectivity index (χ1) is 6.70. The Morgan fingerprint density at radius 3 is 3.14 bits per heavy atom. The van der Waals surface area contributed by atoms with E-state index in [-0.39, 0.29) is 17.0 Å². The monoisotopic (exact) mass is 213 g/mol. The van der Waals surface area contributed by atoms with E-state index in [1.807, 2.05) is 0 Å². The van der Waals surface area contributed by atoms with Crippen molar-refractivity contribution in [3.05, 3.63) is 11.3 Å². The molecule has 0 bridgehead atoms. The molecule has 1 aliphatic carbocycles. The van der Waals surface area contributed by atoms with E-state index in [0.717, 1.165) is 31.3 Å². The van der Waals surface area contributed by atoms with E-state index in [1.165, 1.54) is 0 Å². The van der Waals surface area contributed by atoms with E-state index in [9.17, 15) is 4.79 Å². The molecule has 0 saturated heterocycles. The molecule has 4 heteroatoms. The summed E-state index contributed by atoms with van der Waals surface area (Å²) in [6.07, 6.45) is 5.27. The quantitative estimate of drug-likeness (QED) is 0.679. The summed E-state index contributed by atoms with van der Waals surface area (Å²) in [4.78, 5) is 14.8. The lowest BCUT2D eigenvalue weighted by molar-refractivity contribution is -0.132. The molecule has 3 nitrogen and oxygen atoms in total. The highest BCUT2D eigenvalue weighted by molar-refractivity contribution is 6.21. The predicted molar refractivity (Wildman–Crippen MR) is 54.8 cm³/mol. The number of carboxylic acids is 1. The maximum Gasteiger partial charge on any atom is 0.354 e. The molecule has 76 valence electrons. The summed E-state index contributed by atoms with van der Waals surface area (Å²) >= 11 is 6.17. The fourth-order valence-electron chi connectivity index (χ4n) is 2.21. The number of hydrogen-bond donors (Lipinski definition) is 1. The molecule has 14 heavy (non-hydrogen) atoms. The molecule has 0 spiro atoms. The third kappa shape index (κ3) is 1.57. The first-order valence-corrected chi connectivity index (χ1v) is 5.26. The normalized spacial score (nSPS) is 31.5. The Balaban J connectivity index is 2.36. The van der Waals surface area contributed by atoms with Gasteiger partial charge in [-0.05, 0) is 31.3 Å². The second-order valence-electron chi connectivity index (χ2n) is 3.74. The zero-order valence-electron chi connectivity index (χ0n) is 7.74. The van der Waals surface area contributed by atoms with Crippen molar-refractivity contribution in [3.63, 3.8) is 0 Å². The Hall–Kier alpha value is -0.830. The van der Waals surface area contributed by atoms with E-state index in [2.05, 4.69) is 4.99 Å². The zero-order valence-corrected chi connectivity index (χ0v) is 8.50. The molecule has 2 unspecified atom stereocenters. The molecule has 0 aromatic rings. The van der Waals surface area contributed by atoms with E-state index in [1.54, 1.807) is 6.21 Å². The molecule has 2 aliphatic rings. The lowest BCUT2D eigenvalue weighted by Crippen LogP contribution is -2.27. The zero-order chi connectivity index (χ0) is 10.1. The van der Waals surface area contributed by atoms with Crippen LogP contribution in [0, 0.1) is 5.92 Å². The van der Waals surface area contributed by atoms with Crippen LogP contribution in [0.3, 0.4) is 0 Å². The van der Waals surface area contributed by atoms with Crippen LogP contribution in [0.4, 0.5) is 0 Å². The topological polar surface area (TPSA) is 49.7 Å². The highest BCUT2D eigenvalue weighted by atomic mass is 35.5. The van der Waals surface area contributed by atoms with Crippen LogP contribution in [0.25, 0.3) is 0 Å². The van der Waals surface area contributed by atoms with Crippen molar-refractivity contribution in [3.8, 4) is 0 Å². The molecule has 0 radical (unpaired) electrons. The molecule has 1 N–H and O–H groups in total. The van der Waals surface area contributed by atoms with Crippen LogP contribution < -0.4 is 0 Å². The van der Waals surface area contributed by atoms with Gasteiger partial charge in [0.2, 0.25) is 0 Å². The predicted octanol–water partition coefficient (Wildman–Crippen LogP) is 2.21. The number of hydrogen-bond acceptors (Lipinski definition) is 2. The summed E-state index contributed by atoms with van der Waals surface area (Å²) in [6, 6.07) is 0. The molecule has 1 saturated carbocycles.